The zero-order valence-electron chi connectivity index (χ0n) is 16.7. The van der Waals surface area contributed by atoms with E-state index in [2.05, 4.69) is 17.7 Å². The first-order chi connectivity index (χ1) is 12.4. The topological polar surface area (TPSA) is 63.6 Å². The van der Waals surface area contributed by atoms with Crippen LogP contribution in [0.3, 0.4) is 0 Å². The predicted octanol–water partition coefficient (Wildman–Crippen LogP) is 4.76. The Labute approximate surface area is 158 Å². The molecule has 1 aliphatic rings. The fourth-order valence-electron chi connectivity index (χ4n) is 3.41. The molecule has 26 heavy (non-hydrogen) atoms. The summed E-state index contributed by atoms with van der Waals surface area (Å²) in [4.78, 5) is 23.2. The number of hydrogen-bond donors (Lipinski definition) is 1. The number of esters is 1. The van der Waals surface area contributed by atoms with Crippen molar-refractivity contribution in [1.29, 1.82) is 0 Å². The van der Waals surface area contributed by atoms with Crippen LogP contribution in [0.1, 0.15) is 78.1 Å². The first-order valence-electron chi connectivity index (χ1n) is 10.1. The second-order valence-corrected chi connectivity index (χ2v) is 7.71. The van der Waals surface area contributed by atoms with Crippen LogP contribution in [0, 0.1) is 11.8 Å². The van der Waals surface area contributed by atoms with Crippen molar-refractivity contribution in [3.63, 3.8) is 0 Å². The lowest BCUT2D eigenvalue weighted by molar-refractivity contribution is -0.140. The van der Waals surface area contributed by atoms with Crippen LogP contribution in [0.15, 0.2) is 24.3 Å². The fourth-order valence-corrected chi connectivity index (χ4v) is 3.41. The molecule has 1 aliphatic carbocycles. The molecule has 4 nitrogen and oxygen atoms in total. The van der Waals surface area contributed by atoms with E-state index in [-0.39, 0.29) is 23.6 Å². The van der Waals surface area contributed by atoms with Crippen molar-refractivity contribution in [1.82, 2.24) is 0 Å². The van der Waals surface area contributed by atoms with Crippen molar-refractivity contribution >= 4 is 11.8 Å². The third-order valence-corrected chi connectivity index (χ3v) is 5.17. The Hall–Kier alpha value is -1.42. The van der Waals surface area contributed by atoms with Crippen LogP contribution >= 0.6 is 0 Å². The number of unbranched alkanes of at least 4 members (excludes halogenated alkanes) is 4. The summed E-state index contributed by atoms with van der Waals surface area (Å²) in [6.45, 7) is 4.01. The van der Waals surface area contributed by atoms with Crippen molar-refractivity contribution in [3.05, 3.63) is 24.3 Å². The van der Waals surface area contributed by atoms with Gasteiger partial charge >= 0.3 is 5.97 Å². The molecule has 1 N–H and O–H groups in total. The maximum atomic E-state index is 12.1. The summed E-state index contributed by atoms with van der Waals surface area (Å²) in [5.41, 5.74) is -0.659. The number of ether oxygens (including phenoxy) is 1. The summed E-state index contributed by atoms with van der Waals surface area (Å²) in [6, 6.07) is 0. The van der Waals surface area contributed by atoms with E-state index < -0.39 is 5.60 Å². The zero-order valence-corrected chi connectivity index (χ0v) is 16.7. The van der Waals surface area contributed by atoms with E-state index in [9.17, 15) is 14.7 Å². The van der Waals surface area contributed by atoms with Crippen LogP contribution in [0.2, 0.25) is 0 Å². The monoisotopic (exact) mass is 364 g/mol. The predicted molar refractivity (Wildman–Crippen MR) is 105 cm³/mol. The molecule has 0 saturated carbocycles. The van der Waals surface area contributed by atoms with Crippen LogP contribution in [0.5, 0.6) is 0 Å². The van der Waals surface area contributed by atoms with Crippen LogP contribution in [0.25, 0.3) is 0 Å². The molecule has 0 aromatic heterocycles. The first kappa shape index (κ1) is 22.6. The van der Waals surface area contributed by atoms with E-state index in [4.69, 9.17) is 0 Å². The van der Waals surface area contributed by atoms with Crippen molar-refractivity contribution in [2.24, 2.45) is 11.8 Å². The van der Waals surface area contributed by atoms with Gasteiger partial charge in [-0.2, -0.15) is 0 Å². The standard InChI is InChI=1S/C22H36O4/c1-4-5-16-22(2,25)17-10-11-18-14-15-20(23)19(18)12-8-6-7-9-13-21(24)26-3/h10-11,14-15,18-19,25H,4-9,12-13,16-17H2,1-3H3/b11-10+/t18-,19+,22?/m0/s1. The number of rotatable bonds is 13. The minimum absolute atomic E-state index is 0.0347. The quantitative estimate of drug-likeness (QED) is 0.291. The normalized spacial score (nSPS) is 22.1. The van der Waals surface area contributed by atoms with Crippen molar-refractivity contribution in [3.8, 4) is 0 Å². The Balaban J connectivity index is 2.32. The van der Waals surface area contributed by atoms with E-state index in [1.165, 1.54) is 7.11 Å². The molecule has 0 heterocycles. The summed E-state index contributed by atoms with van der Waals surface area (Å²) < 4.78 is 4.63. The first-order valence-corrected chi connectivity index (χ1v) is 10.1. The Morgan fingerprint density at radius 2 is 2.00 bits per heavy atom. The average molecular weight is 365 g/mol. The highest BCUT2D eigenvalue weighted by atomic mass is 16.5. The van der Waals surface area contributed by atoms with Crippen LogP contribution in [-0.4, -0.2) is 29.6 Å². The highest BCUT2D eigenvalue weighted by Crippen LogP contribution is 2.29. The fraction of sp³-hybridized carbons (Fsp3) is 0.727. The summed E-state index contributed by atoms with van der Waals surface area (Å²) in [7, 11) is 1.41. The largest absolute Gasteiger partial charge is 0.469 e. The molecule has 1 unspecified atom stereocenters. The van der Waals surface area contributed by atoms with Crippen molar-refractivity contribution in [2.45, 2.75) is 83.7 Å². The molecule has 148 valence electrons. The average Bonchev–Trinajstić information content (AvgIpc) is 2.96. The Bertz CT molecular complexity index is 490. The minimum Gasteiger partial charge on any atom is -0.469 e. The van der Waals surface area contributed by atoms with Crippen LogP contribution < -0.4 is 0 Å². The number of allylic oxidation sites excluding steroid dienone is 3. The third kappa shape index (κ3) is 8.79. The highest BCUT2D eigenvalue weighted by molar-refractivity contribution is 5.94. The molecule has 0 amide bonds. The molecule has 4 heteroatoms. The number of aliphatic hydroxyl groups is 1. The third-order valence-electron chi connectivity index (χ3n) is 5.17. The number of carbonyl (C=O) groups excluding carboxylic acids is 2. The van der Waals surface area contributed by atoms with Gasteiger partial charge in [-0.15, -0.1) is 0 Å². The maximum absolute atomic E-state index is 12.1. The number of hydrogen-bond acceptors (Lipinski definition) is 4. The summed E-state index contributed by atoms with van der Waals surface area (Å²) in [5.74, 6) is 0.249. The van der Waals surface area contributed by atoms with Crippen molar-refractivity contribution < 1.29 is 19.4 Å². The van der Waals surface area contributed by atoms with Gasteiger partial charge in [-0.3, -0.25) is 9.59 Å². The number of ketones is 1. The SMILES string of the molecule is CCCCC(C)(O)C/C=C/[C@H]1C=CC(=O)[C@@H]1CCCCCCC(=O)OC. The molecule has 3 atom stereocenters. The Kier molecular flexibility index (Phi) is 10.5. The molecular formula is C22H36O4. The molecule has 1 rings (SSSR count). The van der Waals surface area contributed by atoms with Gasteiger partial charge in [0.2, 0.25) is 0 Å². The van der Waals surface area contributed by atoms with Gasteiger partial charge in [0.15, 0.2) is 5.78 Å². The molecule has 0 aliphatic heterocycles. The second kappa shape index (κ2) is 12.1. The number of methoxy groups -OCH3 is 1. The Morgan fingerprint density at radius 1 is 1.27 bits per heavy atom. The lowest BCUT2D eigenvalue weighted by Crippen LogP contribution is -2.22. The molecular weight excluding hydrogens is 328 g/mol. The van der Waals surface area contributed by atoms with E-state index >= 15 is 0 Å². The molecule has 0 fully saturated rings. The van der Waals surface area contributed by atoms with Gasteiger partial charge in [-0.1, -0.05) is 57.3 Å². The van der Waals surface area contributed by atoms with E-state index in [0.717, 1.165) is 51.4 Å². The molecule has 0 saturated heterocycles. The summed E-state index contributed by atoms with van der Waals surface area (Å²) in [5, 5.41) is 10.3. The van der Waals surface area contributed by atoms with Gasteiger partial charge in [0.05, 0.1) is 12.7 Å². The van der Waals surface area contributed by atoms with E-state index in [1.54, 1.807) is 6.08 Å². The van der Waals surface area contributed by atoms with Gasteiger partial charge in [0.1, 0.15) is 0 Å². The van der Waals surface area contributed by atoms with Crippen LogP contribution in [0.4, 0.5) is 0 Å². The van der Waals surface area contributed by atoms with E-state index in [1.807, 2.05) is 19.1 Å². The van der Waals surface area contributed by atoms with Gasteiger partial charge in [0.25, 0.3) is 0 Å². The van der Waals surface area contributed by atoms with Crippen molar-refractivity contribution in [2.75, 3.05) is 7.11 Å². The molecule has 0 spiro atoms. The molecule has 0 aromatic rings. The van der Waals surface area contributed by atoms with Gasteiger partial charge in [0, 0.05) is 18.3 Å². The zero-order chi connectivity index (χ0) is 19.4. The maximum Gasteiger partial charge on any atom is 0.305 e. The van der Waals surface area contributed by atoms with Gasteiger partial charge in [-0.25, -0.2) is 0 Å². The number of carbonyl (C=O) groups is 2. The lowest BCUT2D eigenvalue weighted by atomic mass is 9.88. The molecule has 0 radical (unpaired) electrons. The Morgan fingerprint density at radius 3 is 2.69 bits per heavy atom. The van der Waals surface area contributed by atoms with Gasteiger partial charge in [-0.05, 0) is 38.7 Å². The molecule has 0 bridgehead atoms. The summed E-state index contributed by atoms with van der Waals surface area (Å²) in [6.07, 6.45) is 16.6. The second-order valence-electron chi connectivity index (χ2n) is 7.71. The summed E-state index contributed by atoms with van der Waals surface area (Å²) >= 11 is 0. The smallest absolute Gasteiger partial charge is 0.305 e. The minimum atomic E-state index is -0.659. The van der Waals surface area contributed by atoms with Crippen LogP contribution in [-0.2, 0) is 14.3 Å². The highest BCUT2D eigenvalue weighted by Gasteiger charge is 2.27. The van der Waals surface area contributed by atoms with E-state index in [0.29, 0.717) is 12.8 Å². The molecule has 0 aromatic carbocycles. The lowest BCUT2D eigenvalue weighted by Gasteiger charge is -2.21. The van der Waals surface area contributed by atoms with Gasteiger partial charge < -0.3 is 9.84 Å².